The van der Waals surface area contributed by atoms with Crippen molar-refractivity contribution in [3.05, 3.63) is 23.8 Å². The minimum absolute atomic E-state index is 0.00944. The van der Waals surface area contributed by atoms with Gasteiger partial charge in [0, 0.05) is 37.9 Å². The molecule has 1 amide bonds. The van der Waals surface area contributed by atoms with Crippen molar-refractivity contribution >= 4 is 11.6 Å². The Hall–Kier alpha value is -1.75. The molecule has 0 aromatic heterocycles. The molecule has 1 fully saturated rings. The molecule has 5 heteroatoms. The van der Waals surface area contributed by atoms with Gasteiger partial charge in [-0.3, -0.25) is 9.69 Å². The third-order valence-electron chi connectivity index (χ3n) is 3.82. The largest absolute Gasteiger partial charge is 0.497 e. The summed E-state index contributed by atoms with van der Waals surface area (Å²) in [6.45, 7) is 7.66. The first-order valence-electron chi connectivity index (χ1n) is 6.99. The van der Waals surface area contributed by atoms with Gasteiger partial charge < -0.3 is 15.4 Å². The van der Waals surface area contributed by atoms with Gasteiger partial charge in [-0.05, 0) is 32.0 Å². The highest BCUT2D eigenvalue weighted by atomic mass is 16.5. The van der Waals surface area contributed by atoms with Crippen LogP contribution in [0.2, 0.25) is 0 Å². The van der Waals surface area contributed by atoms with Crippen LogP contribution < -0.4 is 10.5 Å². The number of benzene rings is 1. The van der Waals surface area contributed by atoms with Gasteiger partial charge >= 0.3 is 0 Å². The van der Waals surface area contributed by atoms with Gasteiger partial charge in [-0.15, -0.1) is 0 Å². The number of rotatable bonds is 3. The van der Waals surface area contributed by atoms with E-state index in [0.717, 1.165) is 26.2 Å². The second kappa shape index (κ2) is 6.13. The molecule has 2 rings (SSSR count). The molecule has 5 nitrogen and oxygen atoms in total. The molecule has 0 radical (unpaired) electrons. The first-order valence-corrected chi connectivity index (χ1v) is 6.99. The van der Waals surface area contributed by atoms with Crippen LogP contribution in [0.5, 0.6) is 5.75 Å². The minimum atomic E-state index is -0.00944. The van der Waals surface area contributed by atoms with E-state index in [4.69, 9.17) is 10.5 Å². The Balaban J connectivity index is 2.09. The first-order chi connectivity index (χ1) is 9.52. The predicted molar refractivity (Wildman–Crippen MR) is 80.0 cm³/mol. The summed E-state index contributed by atoms with van der Waals surface area (Å²) in [5.41, 5.74) is 6.95. The lowest BCUT2D eigenvalue weighted by molar-refractivity contribution is 0.0596. The van der Waals surface area contributed by atoms with Crippen LogP contribution >= 0.6 is 0 Å². The Morgan fingerprint density at radius 2 is 1.90 bits per heavy atom. The van der Waals surface area contributed by atoms with Gasteiger partial charge in [0.2, 0.25) is 0 Å². The number of hydrogen-bond donors (Lipinski definition) is 1. The van der Waals surface area contributed by atoms with Crippen molar-refractivity contribution in [2.24, 2.45) is 0 Å². The van der Waals surface area contributed by atoms with E-state index in [-0.39, 0.29) is 5.91 Å². The minimum Gasteiger partial charge on any atom is -0.497 e. The number of amides is 1. The van der Waals surface area contributed by atoms with Gasteiger partial charge in [0.05, 0.1) is 12.7 Å². The van der Waals surface area contributed by atoms with E-state index in [9.17, 15) is 4.79 Å². The SMILES string of the molecule is COc1ccc(N)c(C(=O)N2CCN(C(C)C)CC2)c1. The molecule has 1 saturated heterocycles. The third-order valence-corrected chi connectivity index (χ3v) is 3.82. The number of carbonyl (C=O) groups is 1. The van der Waals surface area contributed by atoms with E-state index in [1.165, 1.54) is 0 Å². The number of carbonyl (C=O) groups excluding carboxylic acids is 1. The highest BCUT2D eigenvalue weighted by Gasteiger charge is 2.24. The lowest BCUT2D eigenvalue weighted by atomic mass is 10.1. The Kier molecular flexibility index (Phi) is 4.49. The van der Waals surface area contributed by atoms with Gasteiger partial charge in [0.15, 0.2) is 0 Å². The van der Waals surface area contributed by atoms with Gasteiger partial charge in [-0.25, -0.2) is 0 Å². The van der Waals surface area contributed by atoms with Crippen LogP contribution in [0.4, 0.5) is 5.69 Å². The van der Waals surface area contributed by atoms with Gasteiger partial charge in [0.25, 0.3) is 5.91 Å². The van der Waals surface area contributed by atoms with Crippen LogP contribution in [0.1, 0.15) is 24.2 Å². The summed E-state index contributed by atoms with van der Waals surface area (Å²) in [6, 6.07) is 5.72. The molecule has 0 bridgehead atoms. The molecular weight excluding hydrogens is 254 g/mol. The zero-order chi connectivity index (χ0) is 14.7. The zero-order valence-electron chi connectivity index (χ0n) is 12.4. The summed E-state index contributed by atoms with van der Waals surface area (Å²) in [5.74, 6) is 0.646. The van der Waals surface area contributed by atoms with Crippen molar-refractivity contribution in [1.82, 2.24) is 9.80 Å². The standard InChI is InChI=1S/C15H23N3O2/c1-11(2)17-6-8-18(9-7-17)15(19)13-10-12(20-3)4-5-14(13)16/h4-5,10-11H,6-9,16H2,1-3H3. The van der Waals surface area contributed by atoms with E-state index in [2.05, 4.69) is 18.7 Å². The summed E-state index contributed by atoms with van der Waals surface area (Å²) in [5, 5.41) is 0. The van der Waals surface area contributed by atoms with E-state index < -0.39 is 0 Å². The van der Waals surface area contributed by atoms with E-state index in [0.29, 0.717) is 23.0 Å². The first kappa shape index (κ1) is 14.7. The number of anilines is 1. The van der Waals surface area contributed by atoms with Crippen LogP contribution in [0.3, 0.4) is 0 Å². The zero-order valence-corrected chi connectivity index (χ0v) is 12.4. The van der Waals surface area contributed by atoms with Crippen molar-refractivity contribution < 1.29 is 9.53 Å². The summed E-state index contributed by atoms with van der Waals surface area (Å²) in [4.78, 5) is 16.8. The number of nitrogen functional groups attached to an aromatic ring is 1. The maximum absolute atomic E-state index is 12.5. The fourth-order valence-corrected chi connectivity index (χ4v) is 2.46. The molecule has 1 aliphatic heterocycles. The number of piperazine rings is 1. The van der Waals surface area contributed by atoms with Crippen molar-refractivity contribution in [2.75, 3.05) is 39.0 Å². The predicted octanol–water partition coefficient (Wildman–Crippen LogP) is 1.44. The number of hydrogen-bond acceptors (Lipinski definition) is 4. The molecule has 1 aromatic carbocycles. The Bertz CT molecular complexity index is 480. The van der Waals surface area contributed by atoms with Crippen molar-refractivity contribution in [1.29, 1.82) is 0 Å². The van der Waals surface area contributed by atoms with Gasteiger partial charge in [0.1, 0.15) is 5.75 Å². The summed E-state index contributed by atoms with van der Waals surface area (Å²) < 4.78 is 5.16. The number of ether oxygens (including phenoxy) is 1. The Labute approximate surface area is 120 Å². The van der Waals surface area contributed by atoms with Crippen molar-refractivity contribution in [3.63, 3.8) is 0 Å². The average molecular weight is 277 g/mol. The van der Waals surface area contributed by atoms with E-state index in [1.54, 1.807) is 25.3 Å². The van der Waals surface area contributed by atoms with E-state index >= 15 is 0 Å². The number of nitrogens with zero attached hydrogens (tertiary/aromatic N) is 2. The summed E-state index contributed by atoms with van der Waals surface area (Å²) in [7, 11) is 1.58. The molecule has 1 heterocycles. The highest BCUT2D eigenvalue weighted by molar-refractivity contribution is 5.99. The molecule has 0 unspecified atom stereocenters. The molecule has 0 atom stereocenters. The maximum Gasteiger partial charge on any atom is 0.256 e. The molecule has 1 aliphatic rings. The average Bonchev–Trinajstić information content (AvgIpc) is 2.47. The molecule has 1 aromatic rings. The molecule has 20 heavy (non-hydrogen) atoms. The molecule has 0 spiro atoms. The van der Waals surface area contributed by atoms with Gasteiger partial charge in [-0.2, -0.15) is 0 Å². The monoisotopic (exact) mass is 277 g/mol. The van der Waals surface area contributed by atoms with Crippen LogP contribution in [0, 0.1) is 0 Å². The van der Waals surface area contributed by atoms with Crippen LogP contribution in [0.25, 0.3) is 0 Å². The fraction of sp³-hybridized carbons (Fsp3) is 0.533. The van der Waals surface area contributed by atoms with Crippen LogP contribution in [-0.2, 0) is 0 Å². The van der Waals surface area contributed by atoms with Crippen molar-refractivity contribution in [2.45, 2.75) is 19.9 Å². The fourth-order valence-electron chi connectivity index (χ4n) is 2.46. The summed E-state index contributed by atoms with van der Waals surface area (Å²) in [6.07, 6.45) is 0. The second-order valence-electron chi connectivity index (χ2n) is 5.38. The maximum atomic E-state index is 12.5. The number of methoxy groups -OCH3 is 1. The molecule has 2 N–H and O–H groups in total. The quantitative estimate of drug-likeness (QED) is 0.849. The van der Waals surface area contributed by atoms with Gasteiger partial charge in [-0.1, -0.05) is 0 Å². The van der Waals surface area contributed by atoms with Crippen molar-refractivity contribution in [3.8, 4) is 5.75 Å². The topological polar surface area (TPSA) is 58.8 Å². The lowest BCUT2D eigenvalue weighted by Crippen LogP contribution is -2.50. The van der Waals surface area contributed by atoms with Crippen LogP contribution in [-0.4, -0.2) is 55.0 Å². The molecular formula is C15H23N3O2. The molecule has 110 valence electrons. The molecule has 0 aliphatic carbocycles. The number of nitrogens with two attached hydrogens (primary N) is 1. The smallest absolute Gasteiger partial charge is 0.256 e. The second-order valence-corrected chi connectivity index (χ2v) is 5.38. The van der Waals surface area contributed by atoms with E-state index in [1.807, 2.05) is 4.90 Å². The Morgan fingerprint density at radius 1 is 1.25 bits per heavy atom. The third kappa shape index (κ3) is 3.04. The highest BCUT2D eigenvalue weighted by Crippen LogP contribution is 2.21. The lowest BCUT2D eigenvalue weighted by Gasteiger charge is -2.37. The van der Waals surface area contributed by atoms with Crippen LogP contribution in [0.15, 0.2) is 18.2 Å². The Morgan fingerprint density at radius 3 is 2.45 bits per heavy atom. The summed E-state index contributed by atoms with van der Waals surface area (Å²) >= 11 is 0. The molecule has 0 saturated carbocycles. The normalized spacial score (nSPS) is 16.5.